The number of allylic oxidation sites excluding steroid dienone is 4. The number of rotatable bonds is 12. The smallest absolute Gasteiger partial charge is 0.00548 e. The molecule has 0 heteroatoms. The van der Waals surface area contributed by atoms with Gasteiger partial charge in [0.25, 0.3) is 0 Å². The third-order valence-corrected chi connectivity index (χ3v) is 7.92. The van der Waals surface area contributed by atoms with Gasteiger partial charge in [-0.1, -0.05) is 110 Å². The summed E-state index contributed by atoms with van der Waals surface area (Å²) in [5, 5.41) is 0. The van der Waals surface area contributed by atoms with Crippen LogP contribution in [0.25, 0.3) is 0 Å². The molecule has 0 aliphatic rings. The van der Waals surface area contributed by atoms with Crippen LogP contribution in [-0.4, -0.2) is 0 Å². The van der Waals surface area contributed by atoms with E-state index < -0.39 is 0 Å². The summed E-state index contributed by atoms with van der Waals surface area (Å²) in [6, 6.07) is 9.49. The highest BCUT2D eigenvalue weighted by atomic mass is 14.3. The minimum Gasteiger partial charge on any atom is -0.0683 e. The highest BCUT2D eigenvalue weighted by Crippen LogP contribution is 2.38. The van der Waals surface area contributed by atoms with Crippen LogP contribution in [0.4, 0.5) is 0 Å². The third kappa shape index (κ3) is 7.14. The summed E-state index contributed by atoms with van der Waals surface area (Å²) in [7, 11) is 0. The van der Waals surface area contributed by atoms with Crippen LogP contribution in [-0.2, 0) is 11.8 Å². The van der Waals surface area contributed by atoms with Crippen LogP contribution in [0.5, 0.6) is 0 Å². The molecule has 0 fully saturated rings. The normalized spacial score (nSPS) is 13.1. The number of hydrogen-bond donors (Lipinski definition) is 0. The SMILES string of the molecule is CC.CC/C(=C\C=C(/C)C(CC)(CC)CC)Cc1ccc(C(CC)(CC)CC)cc1. The lowest BCUT2D eigenvalue weighted by Crippen LogP contribution is -2.23. The van der Waals surface area contributed by atoms with Crippen molar-refractivity contribution >= 4 is 0 Å². The van der Waals surface area contributed by atoms with E-state index in [0.717, 1.165) is 12.8 Å². The molecule has 0 aliphatic heterocycles. The van der Waals surface area contributed by atoms with E-state index in [1.165, 1.54) is 55.2 Å². The summed E-state index contributed by atoms with van der Waals surface area (Å²) < 4.78 is 0. The Morgan fingerprint density at radius 1 is 0.700 bits per heavy atom. The minimum absolute atomic E-state index is 0.353. The van der Waals surface area contributed by atoms with E-state index >= 15 is 0 Å². The van der Waals surface area contributed by atoms with Crippen LogP contribution < -0.4 is 0 Å². The van der Waals surface area contributed by atoms with Gasteiger partial charge in [0.15, 0.2) is 0 Å². The maximum absolute atomic E-state index is 2.40. The zero-order chi connectivity index (χ0) is 23.2. The maximum atomic E-state index is 2.40. The van der Waals surface area contributed by atoms with Crippen molar-refractivity contribution in [2.75, 3.05) is 0 Å². The van der Waals surface area contributed by atoms with E-state index in [2.05, 4.69) is 91.8 Å². The maximum Gasteiger partial charge on any atom is -0.00548 e. The van der Waals surface area contributed by atoms with Crippen LogP contribution in [0.15, 0.2) is 47.6 Å². The molecule has 172 valence electrons. The molecule has 0 amide bonds. The molecule has 0 aliphatic carbocycles. The van der Waals surface area contributed by atoms with Gasteiger partial charge in [-0.25, -0.2) is 0 Å². The first-order chi connectivity index (χ1) is 14.4. The van der Waals surface area contributed by atoms with Crippen LogP contribution in [0, 0.1) is 5.41 Å². The molecule has 0 unspecified atom stereocenters. The summed E-state index contributed by atoms with van der Waals surface area (Å²) in [4.78, 5) is 0. The van der Waals surface area contributed by atoms with Gasteiger partial charge in [0.2, 0.25) is 0 Å². The second kappa shape index (κ2) is 14.7. The van der Waals surface area contributed by atoms with Gasteiger partial charge < -0.3 is 0 Å². The predicted molar refractivity (Wildman–Crippen MR) is 139 cm³/mol. The summed E-state index contributed by atoms with van der Waals surface area (Å²) >= 11 is 0. The molecule has 0 radical (unpaired) electrons. The largest absolute Gasteiger partial charge is 0.0683 e. The molecule has 0 spiro atoms. The van der Waals surface area contributed by atoms with E-state index in [9.17, 15) is 0 Å². The lowest BCUT2D eigenvalue weighted by molar-refractivity contribution is 0.314. The minimum atomic E-state index is 0.353. The highest BCUT2D eigenvalue weighted by molar-refractivity contribution is 5.32. The fraction of sp³-hybridized carbons (Fsp3) is 0.667. The number of hydrogen-bond acceptors (Lipinski definition) is 0. The van der Waals surface area contributed by atoms with E-state index in [1.54, 1.807) is 5.57 Å². The Hall–Kier alpha value is -1.30. The van der Waals surface area contributed by atoms with Crippen molar-refractivity contribution in [1.82, 2.24) is 0 Å². The zero-order valence-corrected chi connectivity index (χ0v) is 22.1. The Kier molecular flexibility index (Phi) is 14.0. The quantitative estimate of drug-likeness (QED) is 0.299. The first kappa shape index (κ1) is 28.7. The summed E-state index contributed by atoms with van der Waals surface area (Å²) in [5.41, 5.74) is 6.75. The van der Waals surface area contributed by atoms with Crippen molar-refractivity contribution in [3.05, 3.63) is 58.7 Å². The topological polar surface area (TPSA) is 0 Å². The van der Waals surface area contributed by atoms with Crippen LogP contribution >= 0.6 is 0 Å². The Labute approximate surface area is 190 Å². The molecule has 0 bridgehead atoms. The lowest BCUT2D eigenvalue weighted by Gasteiger charge is -2.31. The van der Waals surface area contributed by atoms with Crippen molar-refractivity contribution < 1.29 is 0 Å². The zero-order valence-electron chi connectivity index (χ0n) is 22.1. The molecule has 0 N–H and O–H groups in total. The van der Waals surface area contributed by atoms with Gasteiger partial charge in [0, 0.05) is 0 Å². The first-order valence-electron chi connectivity index (χ1n) is 12.9. The van der Waals surface area contributed by atoms with E-state index in [0.29, 0.717) is 10.8 Å². The fourth-order valence-electron chi connectivity index (χ4n) is 4.91. The van der Waals surface area contributed by atoms with Gasteiger partial charge in [-0.3, -0.25) is 0 Å². The summed E-state index contributed by atoms with van der Waals surface area (Å²) in [6.45, 7) is 22.6. The molecule has 1 rings (SSSR count). The summed E-state index contributed by atoms with van der Waals surface area (Å²) in [6.07, 6.45) is 14.3. The molecular formula is C30H52. The van der Waals surface area contributed by atoms with Crippen molar-refractivity contribution in [2.45, 2.75) is 126 Å². The fourth-order valence-corrected chi connectivity index (χ4v) is 4.91. The van der Waals surface area contributed by atoms with Crippen molar-refractivity contribution in [3.8, 4) is 0 Å². The third-order valence-electron chi connectivity index (χ3n) is 7.92. The van der Waals surface area contributed by atoms with Crippen LogP contribution in [0.3, 0.4) is 0 Å². The average Bonchev–Trinajstić information content (AvgIpc) is 2.81. The van der Waals surface area contributed by atoms with E-state index in [4.69, 9.17) is 0 Å². The molecular weight excluding hydrogens is 360 g/mol. The molecule has 0 atom stereocenters. The molecule has 30 heavy (non-hydrogen) atoms. The van der Waals surface area contributed by atoms with Gasteiger partial charge in [-0.2, -0.15) is 0 Å². The molecule has 0 saturated heterocycles. The lowest BCUT2D eigenvalue weighted by atomic mass is 9.73. The first-order valence-corrected chi connectivity index (χ1v) is 12.9. The second-order valence-corrected chi connectivity index (χ2v) is 8.58. The predicted octanol–water partition coefficient (Wildman–Crippen LogP) is 10.2. The van der Waals surface area contributed by atoms with Crippen molar-refractivity contribution in [2.24, 2.45) is 5.41 Å². The second-order valence-electron chi connectivity index (χ2n) is 8.58. The van der Waals surface area contributed by atoms with Gasteiger partial charge in [-0.05, 0) is 80.2 Å². The molecule has 0 saturated carbocycles. The Balaban J connectivity index is 0.00000407. The molecule has 0 heterocycles. The van der Waals surface area contributed by atoms with E-state index in [-0.39, 0.29) is 0 Å². The molecule has 0 nitrogen and oxygen atoms in total. The molecule has 1 aromatic carbocycles. The molecule has 1 aromatic rings. The van der Waals surface area contributed by atoms with Gasteiger partial charge >= 0.3 is 0 Å². The summed E-state index contributed by atoms with van der Waals surface area (Å²) in [5.74, 6) is 0. The van der Waals surface area contributed by atoms with Crippen molar-refractivity contribution in [1.29, 1.82) is 0 Å². The monoisotopic (exact) mass is 412 g/mol. The van der Waals surface area contributed by atoms with Crippen molar-refractivity contribution in [3.63, 3.8) is 0 Å². The Bertz CT molecular complexity index is 602. The molecule has 0 aromatic heterocycles. The average molecular weight is 413 g/mol. The van der Waals surface area contributed by atoms with Gasteiger partial charge in [0.05, 0.1) is 0 Å². The van der Waals surface area contributed by atoms with Gasteiger partial charge in [-0.15, -0.1) is 0 Å². The van der Waals surface area contributed by atoms with E-state index in [1.807, 2.05) is 13.8 Å². The highest BCUT2D eigenvalue weighted by Gasteiger charge is 2.26. The Morgan fingerprint density at radius 2 is 1.17 bits per heavy atom. The van der Waals surface area contributed by atoms with Crippen LogP contribution in [0.2, 0.25) is 0 Å². The van der Waals surface area contributed by atoms with Gasteiger partial charge in [0.1, 0.15) is 0 Å². The van der Waals surface area contributed by atoms with Crippen LogP contribution in [0.1, 0.15) is 125 Å². The number of benzene rings is 1. The standard InChI is InChI=1S/C28H46.C2H6/c1-9-24(17-16-23(8)27(10-2,11-3)12-4)22-25-18-20-26(21-19-25)28(13-5,14-6)15-7;1-2/h16-21H,9-15,22H2,1-8H3;1-2H3/b23-16+,24-17+;. The Morgan fingerprint density at radius 3 is 1.53 bits per heavy atom.